The summed E-state index contributed by atoms with van der Waals surface area (Å²) in [4.78, 5) is 38.3. The van der Waals surface area contributed by atoms with Crippen molar-refractivity contribution in [1.82, 2.24) is 0 Å². The molecule has 6 heteroatoms. The topological polar surface area (TPSA) is 78.9 Å². The molecule has 0 aromatic heterocycles. The molecular formula is C71H112O6. The number of hydrogen-bond donors (Lipinski definition) is 0. The number of hydrogen-bond acceptors (Lipinski definition) is 6. The molecule has 0 rings (SSSR count). The van der Waals surface area contributed by atoms with Gasteiger partial charge in [-0.1, -0.05) is 243 Å². The number of carbonyl (C=O) groups excluding carboxylic acids is 3. The van der Waals surface area contributed by atoms with E-state index in [1.807, 2.05) is 0 Å². The average molecular weight is 1060 g/mol. The fraction of sp³-hybridized carbons (Fsp3) is 0.592. The summed E-state index contributed by atoms with van der Waals surface area (Å²) in [6.07, 6.45) is 92.4. The van der Waals surface area contributed by atoms with Gasteiger partial charge >= 0.3 is 17.9 Å². The van der Waals surface area contributed by atoms with Crippen molar-refractivity contribution in [3.8, 4) is 0 Å². The van der Waals surface area contributed by atoms with Crippen LogP contribution >= 0.6 is 0 Å². The molecule has 0 heterocycles. The van der Waals surface area contributed by atoms with E-state index >= 15 is 0 Å². The predicted molar refractivity (Wildman–Crippen MR) is 334 cm³/mol. The van der Waals surface area contributed by atoms with Crippen molar-refractivity contribution in [3.63, 3.8) is 0 Å². The first-order valence-corrected chi connectivity index (χ1v) is 31.0. The Kier molecular flexibility index (Phi) is 59.5. The molecule has 0 N–H and O–H groups in total. The lowest BCUT2D eigenvalue weighted by Gasteiger charge is -2.18. The molecule has 6 nitrogen and oxygen atoms in total. The number of allylic oxidation sites excluding steroid dienone is 26. The van der Waals surface area contributed by atoms with Crippen LogP contribution in [0.2, 0.25) is 0 Å². The van der Waals surface area contributed by atoms with Crippen LogP contribution in [-0.2, 0) is 28.6 Å². The van der Waals surface area contributed by atoms with Crippen LogP contribution in [0.1, 0.15) is 252 Å². The van der Waals surface area contributed by atoms with E-state index in [0.29, 0.717) is 19.3 Å². The average Bonchev–Trinajstić information content (AvgIpc) is 3.43. The van der Waals surface area contributed by atoms with Gasteiger partial charge in [0.1, 0.15) is 13.2 Å². The third-order valence-electron chi connectivity index (χ3n) is 12.5. The summed E-state index contributed by atoms with van der Waals surface area (Å²) in [5.41, 5.74) is 0. The monoisotopic (exact) mass is 1060 g/mol. The summed E-state index contributed by atoms with van der Waals surface area (Å²) in [6.45, 7) is 6.34. The Bertz CT molecular complexity index is 1740. The van der Waals surface area contributed by atoms with Crippen molar-refractivity contribution in [3.05, 3.63) is 158 Å². The highest BCUT2D eigenvalue weighted by atomic mass is 16.6. The molecule has 0 aromatic carbocycles. The Balaban J connectivity index is 4.47. The first-order chi connectivity index (χ1) is 38.0. The Morgan fingerprint density at radius 3 is 0.818 bits per heavy atom. The van der Waals surface area contributed by atoms with E-state index in [1.165, 1.54) is 38.5 Å². The van der Waals surface area contributed by atoms with E-state index in [9.17, 15) is 14.4 Å². The molecule has 0 radical (unpaired) electrons. The van der Waals surface area contributed by atoms with Gasteiger partial charge in [-0.2, -0.15) is 0 Å². The molecule has 0 aliphatic heterocycles. The minimum absolute atomic E-state index is 0.109. The molecular weight excluding hydrogens is 949 g/mol. The molecule has 432 valence electrons. The van der Waals surface area contributed by atoms with Crippen molar-refractivity contribution < 1.29 is 28.6 Å². The van der Waals surface area contributed by atoms with Gasteiger partial charge in [-0.3, -0.25) is 14.4 Å². The smallest absolute Gasteiger partial charge is 0.306 e. The van der Waals surface area contributed by atoms with Gasteiger partial charge in [0, 0.05) is 19.3 Å². The zero-order chi connectivity index (χ0) is 55.7. The van der Waals surface area contributed by atoms with E-state index < -0.39 is 6.10 Å². The standard InChI is InChI=1S/C71H112O6/c1-4-7-10-13-16-19-22-25-27-29-31-32-33-34-35-36-37-38-40-41-43-46-49-52-55-58-61-64-70(73)76-67-68(66-75-69(72)63-60-57-54-51-48-45-24-21-18-15-12-9-6-3)77-71(74)65-62-59-56-53-50-47-44-42-39-30-28-26-23-20-17-14-11-8-5-2/h7-8,10-11,16-17,19-21,24-28,31-32,34-35,37-39,41-43,47,50,68H,4-6,9,12-15,18,22-23,29-30,33,36,40,44-46,48-49,51-67H2,1-3H3/b10-7-,11-8-,19-16-,20-17-,24-21-,27-25-,28-26-,32-31-,35-34-,38-37-,42-39-,43-41-,50-47-. The minimum Gasteiger partial charge on any atom is -0.462 e. The fourth-order valence-corrected chi connectivity index (χ4v) is 7.91. The van der Waals surface area contributed by atoms with Crippen LogP contribution in [0.25, 0.3) is 0 Å². The molecule has 1 unspecified atom stereocenters. The zero-order valence-corrected chi connectivity index (χ0v) is 49.4. The maximum Gasteiger partial charge on any atom is 0.306 e. The van der Waals surface area contributed by atoms with Gasteiger partial charge in [0.25, 0.3) is 0 Å². The van der Waals surface area contributed by atoms with E-state index in [1.54, 1.807) is 0 Å². The second-order valence-electron chi connectivity index (χ2n) is 19.8. The summed E-state index contributed by atoms with van der Waals surface area (Å²) in [6, 6.07) is 0. The maximum absolute atomic E-state index is 12.9. The normalized spacial score (nSPS) is 13.2. The number of unbranched alkanes of at least 4 members (excludes halogenated alkanes) is 17. The van der Waals surface area contributed by atoms with E-state index in [-0.39, 0.29) is 37.5 Å². The molecule has 0 aromatic rings. The van der Waals surface area contributed by atoms with Gasteiger partial charge in [0.05, 0.1) is 0 Å². The first kappa shape index (κ1) is 72.0. The van der Waals surface area contributed by atoms with Crippen LogP contribution in [0.4, 0.5) is 0 Å². The van der Waals surface area contributed by atoms with Gasteiger partial charge in [-0.25, -0.2) is 0 Å². The van der Waals surface area contributed by atoms with Crippen LogP contribution in [0, 0.1) is 0 Å². The molecule has 0 aliphatic rings. The van der Waals surface area contributed by atoms with Gasteiger partial charge in [-0.05, 0) is 148 Å². The molecule has 0 saturated carbocycles. The van der Waals surface area contributed by atoms with E-state index in [2.05, 4.69) is 179 Å². The molecule has 0 bridgehead atoms. The lowest BCUT2D eigenvalue weighted by Crippen LogP contribution is -2.30. The van der Waals surface area contributed by atoms with Crippen molar-refractivity contribution in [2.75, 3.05) is 13.2 Å². The van der Waals surface area contributed by atoms with Crippen LogP contribution < -0.4 is 0 Å². The summed E-state index contributed by atoms with van der Waals surface area (Å²) < 4.78 is 16.8. The third kappa shape index (κ3) is 61.8. The highest BCUT2D eigenvalue weighted by molar-refractivity contribution is 5.71. The van der Waals surface area contributed by atoms with Gasteiger partial charge < -0.3 is 14.2 Å². The Morgan fingerprint density at radius 2 is 0.506 bits per heavy atom. The van der Waals surface area contributed by atoms with Crippen molar-refractivity contribution in [1.29, 1.82) is 0 Å². The Labute approximate surface area is 473 Å². The lowest BCUT2D eigenvalue weighted by molar-refractivity contribution is -0.167. The summed E-state index contributed by atoms with van der Waals surface area (Å²) >= 11 is 0. The highest BCUT2D eigenvalue weighted by Crippen LogP contribution is 2.13. The van der Waals surface area contributed by atoms with E-state index in [0.717, 1.165) is 167 Å². The molecule has 0 amide bonds. The molecule has 1 atom stereocenters. The van der Waals surface area contributed by atoms with Crippen molar-refractivity contribution in [2.24, 2.45) is 0 Å². The second-order valence-corrected chi connectivity index (χ2v) is 19.8. The molecule has 0 aliphatic carbocycles. The number of carbonyl (C=O) groups is 3. The highest BCUT2D eigenvalue weighted by Gasteiger charge is 2.19. The Hall–Kier alpha value is -4.97. The zero-order valence-electron chi connectivity index (χ0n) is 49.4. The quantitative estimate of drug-likeness (QED) is 0.0261. The summed E-state index contributed by atoms with van der Waals surface area (Å²) in [7, 11) is 0. The minimum atomic E-state index is -0.816. The van der Waals surface area contributed by atoms with Crippen LogP contribution in [0.3, 0.4) is 0 Å². The number of ether oxygens (including phenoxy) is 3. The van der Waals surface area contributed by atoms with Crippen molar-refractivity contribution >= 4 is 17.9 Å². The largest absolute Gasteiger partial charge is 0.462 e. The van der Waals surface area contributed by atoms with Crippen LogP contribution in [0.15, 0.2) is 158 Å². The van der Waals surface area contributed by atoms with Crippen LogP contribution in [-0.4, -0.2) is 37.2 Å². The van der Waals surface area contributed by atoms with Crippen LogP contribution in [0.5, 0.6) is 0 Å². The number of esters is 3. The SMILES string of the molecule is CC/C=C\C/C=C\C/C=C\C/C=C\C/C=C\C/C=C\C/C=C\CCCCCCCC(=O)OCC(COC(=O)CCCCCCC/C=C\CCCCCC)OC(=O)CCCCC/C=C\C/C=C\C/C=C\C/C=C\C/C=C\CC. The summed E-state index contributed by atoms with van der Waals surface area (Å²) in [5.74, 6) is -0.974. The molecule has 0 spiro atoms. The molecule has 0 saturated heterocycles. The second kappa shape index (κ2) is 63.6. The van der Waals surface area contributed by atoms with E-state index in [4.69, 9.17) is 14.2 Å². The third-order valence-corrected chi connectivity index (χ3v) is 12.5. The van der Waals surface area contributed by atoms with Gasteiger partial charge in [-0.15, -0.1) is 0 Å². The first-order valence-electron chi connectivity index (χ1n) is 31.0. The van der Waals surface area contributed by atoms with Crippen molar-refractivity contribution in [2.45, 2.75) is 258 Å². The van der Waals surface area contributed by atoms with Gasteiger partial charge in [0.15, 0.2) is 6.10 Å². The number of rotatable bonds is 54. The maximum atomic E-state index is 12.9. The molecule has 0 fully saturated rings. The summed E-state index contributed by atoms with van der Waals surface area (Å²) in [5, 5.41) is 0. The lowest BCUT2D eigenvalue weighted by atomic mass is 10.1. The fourth-order valence-electron chi connectivity index (χ4n) is 7.91. The Morgan fingerprint density at radius 1 is 0.273 bits per heavy atom. The van der Waals surface area contributed by atoms with Gasteiger partial charge in [0.2, 0.25) is 0 Å². The molecule has 77 heavy (non-hydrogen) atoms. The predicted octanol–water partition coefficient (Wildman–Crippen LogP) is 21.3.